The van der Waals surface area contributed by atoms with Crippen molar-refractivity contribution in [2.24, 2.45) is 4.99 Å². The number of hydrogen-bond donors (Lipinski definition) is 3. The van der Waals surface area contributed by atoms with Crippen LogP contribution in [0.5, 0.6) is 0 Å². The zero-order chi connectivity index (χ0) is 20.4. The summed E-state index contributed by atoms with van der Waals surface area (Å²) < 4.78 is 37.5. The molecule has 3 N–H and O–H groups in total. The number of hydrogen-bond acceptors (Lipinski definition) is 4. The van der Waals surface area contributed by atoms with E-state index >= 15 is 0 Å². The Bertz CT molecular complexity index is 747. The Labute approximate surface area is 166 Å². The lowest BCUT2D eigenvalue weighted by atomic mass is 10.2. The first-order chi connectivity index (χ1) is 13.4. The van der Waals surface area contributed by atoms with Crippen molar-refractivity contribution in [3.63, 3.8) is 0 Å². The summed E-state index contributed by atoms with van der Waals surface area (Å²) in [6.07, 6.45) is -0.289. The van der Waals surface area contributed by atoms with Crippen molar-refractivity contribution in [3.05, 3.63) is 52.9 Å². The number of guanidine groups is 1. The number of nitrogens with zero attached hydrogens (tertiary/aromatic N) is 3. The number of halogens is 4. The lowest BCUT2D eigenvalue weighted by Crippen LogP contribution is -2.39. The van der Waals surface area contributed by atoms with Crippen LogP contribution in [0.15, 0.2) is 41.7 Å². The lowest BCUT2D eigenvalue weighted by molar-refractivity contribution is -0.137. The van der Waals surface area contributed by atoms with Crippen molar-refractivity contribution < 1.29 is 13.2 Å². The first-order valence-electron chi connectivity index (χ1n) is 8.70. The minimum absolute atomic E-state index is 0.409. The molecule has 10 heteroatoms. The third kappa shape index (κ3) is 7.59. The molecule has 0 aliphatic rings. The second-order valence-corrected chi connectivity index (χ2v) is 6.26. The van der Waals surface area contributed by atoms with E-state index in [0.717, 1.165) is 30.7 Å². The van der Waals surface area contributed by atoms with E-state index in [2.05, 4.69) is 30.9 Å². The molecule has 0 fully saturated rings. The van der Waals surface area contributed by atoms with Crippen molar-refractivity contribution in [2.75, 3.05) is 32.0 Å². The van der Waals surface area contributed by atoms with Crippen molar-refractivity contribution >= 4 is 23.4 Å². The summed E-state index contributed by atoms with van der Waals surface area (Å²) in [5.41, 5.74) is 0.310. The van der Waals surface area contributed by atoms with Crippen LogP contribution in [0.3, 0.4) is 0 Å². The van der Waals surface area contributed by atoms with Crippen molar-refractivity contribution in [1.82, 2.24) is 20.6 Å². The molecule has 0 aliphatic carbocycles. The minimum atomic E-state index is -4.37. The first-order valence-corrected chi connectivity index (χ1v) is 9.08. The molecule has 0 saturated heterocycles. The monoisotopic (exact) mass is 414 g/mol. The van der Waals surface area contributed by atoms with E-state index in [1.807, 2.05) is 6.07 Å². The second-order valence-electron chi connectivity index (χ2n) is 5.88. The van der Waals surface area contributed by atoms with Crippen molar-refractivity contribution in [1.29, 1.82) is 0 Å². The van der Waals surface area contributed by atoms with Crippen LogP contribution < -0.4 is 16.0 Å². The third-order valence-electron chi connectivity index (χ3n) is 3.76. The topological polar surface area (TPSA) is 74.2 Å². The Kier molecular flexibility index (Phi) is 8.31. The number of anilines is 1. The fraction of sp³-hybridized carbons (Fsp3) is 0.389. The number of alkyl halides is 3. The predicted octanol–water partition coefficient (Wildman–Crippen LogP) is 3.36. The smallest absolute Gasteiger partial charge is 0.370 e. The highest BCUT2D eigenvalue weighted by molar-refractivity contribution is 6.29. The molecule has 28 heavy (non-hydrogen) atoms. The van der Waals surface area contributed by atoms with Gasteiger partial charge < -0.3 is 16.0 Å². The number of pyridine rings is 2. The van der Waals surface area contributed by atoms with E-state index in [4.69, 9.17) is 11.6 Å². The average Bonchev–Trinajstić information content (AvgIpc) is 2.67. The lowest BCUT2D eigenvalue weighted by Gasteiger charge is -2.12. The maximum atomic E-state index is 12.5. The van der Waals surface area contributed by atoms with Crippen LogP contribution in [-0.2, 0) is 12.6 Å². The summed E-state index contributed by atoms with van der Waals surface area (Å²) in [6, 6.07) is 6.01. The minimum Gasteiger partial charge on any atom is -0.370 e. The van der Waals surface area contributed by atoms with Gasteiger partial charge in [-0.2, -0.15) is 13.2 Å². The van der Waals surface area contributed by atoms with Gasteiger partial charge in [-0.25, -0.2) is 9.97 Å². The second kappa shape index (κ2) is 10.7. The van der Waals surface area contributed by atoms with E-state index in [1.54, 1.807) is 19.3 Å². The van der Waals surface area contributed by atoms with Gasteiger partial charge in [0.1, 0.15) is 11.0 Å². The van der Waals surface area contributed by atoms with Gasteiger partial charge in [-0.05, 0) is 36.6 Å². The van der Waals surface area contributed by atoms with Gasteiger partial charge in [0.15, 0.2) is 5.96 Å². The molecule has 2 heterocycles. The molecule has 2 aromatic heterocycles. The van der Waals surface area contributed by atoms with E-state index in [0.29, 0.717) is 36.6 Å². The SMILES string of the molecule is CN=C(NCCCNc1ccc(C(F)(F)F)cn1)NCCc1ccc(Cl)nc1. The summed E-state index contributed by atoms with van der Waals surface area (Å²) in [7, 11) is 1.68. The van der Waals surface area contributed by atoms with E-state index in [9.17, 15) is 13.2 Å². The van der Waals surface area contributed by atoms with E-state index < -0.39 is 11.7 Å². The molecule has 0 radical (unpaired) electrons. The highest BCUT2D eigenvalue weighted by Gasteiger charge is 2.30. The molecule has 0 amide bonds. The molecule has 0 saturated carbocycles. The van der Waals surface area contributed by atoms with Crippen LogP contribution >= 0.6 is 11.6 Å². The Morgan fingerprint density at radius 1 is 1.04 bits per heavy atom. The first kappa shape index (κ1) is 21.7. The average molecular weight is 415 g/mol. The Morgan fingerprint density at radius 2 is 1.82 bits per heavy atom. The molecule has 0 aromatic carbocycles. The molecule has 152 valence electrons. The highest BCUT2D eigenvalue weighted by Crippen LogP contribution is 2.28. The van der Waals surface area contributed by atoms with Crippen LogP contribution in [0.1, 0.15) is 17.5 Å². The number of nitrogens with one attached hydrogen (secondary N) is 3. The number of aliphatic imine (C=N–C) groups is 1. The Balaban J connectivity index is 1.61. The number of aromatic nitrogens is 2. The molecule has 0 spiro atoms. The summed E-state index contributed by atoms with van der Waals surface area (Å²) in [5, 5.41) is 9.83. The van der Waals surface area contributed by atoms with Crippen LogP contribution in [0.4, 0.5) is 19.0 Å². The third-order valence-corrected chi connectivity index (χ3v) is 3.98. The van der Waals surface area contributed by atoms with Gasteiger partial charge in [0, 0.05) is 39.1 Å². The molecule has 0 unspecified atom stereocenters. The maximum Gasteiger partial charge on any atom is 0.417 e. The van der Waals surface area contributed by atoms with Gasteiger partial charge in [0.25, 0.3) is 0 Å². The van der Waals surface area contributed by atoms with Crippen molar-refractivity contribution in [3.8, 4) is 0 Å². The van der Waals surface area contributed by atoms with Gasteiger partial charge in [0.2, 0.25) is 0 Å². The van der Waals surface area contributed by atoms with E-state index in [-0.39, 0.29) is 0 Å². The van der Waals surface area contributed by atoms with Crippen LogP contribution in [0.2, 0.25) is 5.15 Å². The zero-order valence-electron chi connectivity index (χ0n) is 15.4. The van der Waals surface area contributed by atoms with Gasteiger partial charge in [-0.3, -0.25) is 4.99 Å². The molecule has 2 aromatic rings. The quantitative estimate of drug-likeness (QED) is 0.267. The number of rotatable bonds is 8. The van der Waals surface area contributed by atoms with Crippen molar-refractivity contribution in [2.45, 2.75) is 19.0 Å². The summed E-state index contributed by atoms with van der Waals surface area (Å²) >= 11 is 5.76. The van der Waals surface area contributed by atoms with Gasteiger partial charge in [-0.15, -0.1) is 0 Å². The van der Waals surface area contributed by atoms with Crippen LogP contribution in [-0.4, -0.2) is 42.6 Å². The summed E-state index contributed by atoms with van der Waals surface area (Å²) in [4.78, 5) is 11.9. The Morgan fingerprint density at radius 3 is 2.43 bits per heavy atom. The molecule has 0 atom stereocenters. The fourth-order valence-electron chi connectivity index (χ4n) is 2.28. The molecule has 0 aliphatic heterocycles. The van der Waals surface area contributed by atoms with Crippen LogP contribution in [0.25, 0.3) is 0 Å². The normalized spacial score (nSPS) is 12.0. The summed E-state index contributed by atoms with van der Waals surface area (Å²) in [6.45, 7) is 1.91. The molecule has 6 nitrogen and oxygen atoms in total. The molecule has 2 rings (SSSR count). The van der Waals surface area contributed by atoms with E-state index in [1.165, 1.54) is 6.07 Å². The van der Waals surface area contributed by atoms with Gasteiger partial charge >= 0.3 is 6.18 Å². The van der Waals surface area contributed by atoms with Gasteiger partial charge in [0.05, 0.1) is 5.56 Å². The molecular weight excluding hydrogens is 393 g/mol. The largest absolute Gasteiger partial charge is 0.417 e. The standard InChI is InChI=1S/C18H22ClF3N6/c1-23-17(26-10-7-13-3-5-15(19)27-11-13)25-9-2-8-24-16-6-4-14(12-28-16)18(20,21)22/h3-6,11-12H,2,7-10H2,1H3,(H,24,28)(H2,23,25,26). The summed E-state index contributed by atoms with van der Waals surface area (Å²) in [5.74, 6) is 1.08. The van der Waals surface area contributed by atoms with Crippen LogP contribution in [0, 0.1) is 0 Å². The molecular formula is C18H22ClF3N6. The zero-order valence-corrected chi connectivity index (χ0v) is 16.1. The van der Waals surface area contributed by atoms with Gasteiger partial charge in [-0.1, -0.05) is 17.7 Å². The Hall–Kier alpha value is -2.55. The highest BCUT2D eigenvalue weighted by atomic mass is 35.5. The molecule has 0 bridgehead atoms. The predicted molar refractivity (Wildman–Crippen MR) is 105 cm³/mol. The fourth-order valence-corrected chi connectivity index (χ4v) is 2.39. The maximum absolute atomic E-state index is 12.5.